The molecule has 0 aliphatic carbocycles. The van der Waals surface area contributed by atoms with Crippen LogP contribution in [0.3, 0.4) is 0 Å². The van der Waals surface area contributed by atoms with Crippen LogP contribution in [0.2, 0.25) is 5.02 Å². The van der Waals surface area contributed by atoms with E-state index in [1.54, 1.807) is 7.11 Å². The third-order valence-corrected chi connectivity index (χ3v) is 5.37. The van der Waals surface area contributed by atoms with E-state index in [4.69, 9.17) is 25.8 Å². The average molecular weight is 407 g/mol. The standard InChI is InChI=1S/C22H27ClO5/c1-3-27-18-6-4-14(5-7-18)8-16-9-15(10-21(26-2)22(16)23)20-12-17(25)11-19(13-24)28-20/h4-7,9-10,17,19-20,24-25H,3,8,11-13H2,1-2H3. The van der Waals surface area contributed by atoms with Crippen molar-refractivity contribution >= 4 is 11.6 Å². The molecule has 3 rings (SSSR count). The molecule has 28 heavy (non-hydrogen) atoms. The predicted molar refractivity (Wildman–Crippen MR) is 108 cm³/mol. The topological polar surface area (TPSA) is 68.2 Å². The van der Waals surface area contributed by atoms with Gasteiger partial charge in [-0.3, -0.25) is 0 Å². The number of methoxy groups -OCH3 is 1. The highest BCUT2D eigenvalue weighted by Gasteiger charge is 2.30. The number of rotatable bonds is 7. The minimum absolute atomic E-state index is 0.114. The fourth-order valence-electron chi connectivity index (χ4n) is 3.55. The molecule has 152 valence electrons. The molecule has 2 N–H and O–H groups in total. The van der Waals surface area contributed by atoms with Gasteiger partial charge in [-0.1, -0.05) is 29.8 Å². The summed E-state index contributed by atoms with van der Waals surface area (Å²) >= 11 is 6.56. The fourth-order valence-corrected chi connectivity index (χ4v) is 3.81. The first-order valence-electron chi connectivity index (χ1n) is 9.56. The molecule has 1 aliphatic heterocycles. The molecule has 0 aromatic heterocycles. The first-order chi connectivity index (χ1) is 13.5. The van der Waals surface area contributed by atoms with Crippen LogP contribution in [0.1, 0.15) is 42.6 Å². The first-order valence-corrected chi connectivity index (χ1v) is 9.94. The Hall–Kier alpha value is -1.79. The smallest absolute Gasteiger partial charge is 0.138 e. The molecule has 0 radical (unpaired) electrons. The monoisotopic (exact) mass is 406 g/mol. The van der Waals surface area contributed by atoms with Crippen molar-refractivity contribution in [3.05, 3.63) is 58.1 Å². The molecule has 3 atom stereocenters. The van der Waals surface area contributed by atoms with E-state index in [0.717, 1.165) is 22.4 Å². The molecule has 0 spiro atoms. The van der Waals surface area contributed by atoms with E-state index in [-0.39, 0.29) is 18.8 Å². The van der Waals surface area contributed by atoms with E-state index in [1.165, 1.54) is 0 Å². The van der Waals surface area contributed by atoms with Crippen molar-refractivity contribution in [2.24, 2.45) is 0 Å². The molecule has 3 unspecified atom stereocenters. The second-order valence-corrected chi connectivity index (χ2v) is 7.38. The van der Waals surface area contributed by atoms with Gasteiger partial charge >= 0.3 is 0 Å². The van der Waals surface area contributed by atoms with Crippen LogP contribution in [-0.4, -0.2) is 42.7 Å². The van der Waals surface area contributed by atoms with E-state index in [9.17, 15) is 10.2 Å². The zero-order chi connectivity index (χ0) is 20.1. The van der Waals surface area contributed by atoms with Gasteiger partial charge in [0.15, 0.2) is 0 Å². The second kappa shape index (κ2) is 9.61. The quantitative estimate of drug-likeness (QED) is 0.729. The number of aliphatic hydroxyl groups is 2. The molecule has 1 fully saturated rings. The number of aliphatic hydroxyl groups excluding tert-OH is 2. The third kappa shape index (κ3) is 4.97. The normalized spacial score (nSPS) is 22.1. The molecule has 2 aromatic carbocycles. The summed E-state index contributed by atoms with van der Waals surface area (Å²) in [5.74, 6) is 1.41. The highest BCUT2D eigenvalue weighted by Crippen LogP contribution is 2.38. The molecule has 5 nitrogen and oxygen atoms in total. The largest absolute Gasteiger partial charge is 0.495 e. The van der Waals surface area contributed by atoms with Gasteiger partial charge in [0.2, 0.25) is 0 Å². The summed E-state index contributed by atoms with van der Waals surface area (Å²) in [6.45, 7) is 2.47. The highest BCUT2D eigenvalue weighted by molar-refractivity contribution is 6.32. The Morgan fingerprint density at radius 2 is 1.93 bits per heavy atom. The van der Waals surface area contributed by atoms with E-state index >= 15 is 0 Å². The summed E-state index contributed by atoms with van der Waals surface area (Å²) in [5.41, 5.74) is 2.91. The summed E-state index contributed by atoms with van der Waals surface area (Å²) < 4.78 is 16.9. The molecule has 0 amide bonds. The highest BCUT2D eigenvalue weighted by atomic mass is 35.5. The van der Waals surface area contributed by atoms with Gasteiger partial charge in [0, 0.05) is 12.8 Å². The van der Waals surface area contributed by atoms with Gasteiger partial charge in [-0.15, -0.1) is 0 Å². The lowest BCUT2D eigenvalue weighted by atomic mass is 9.93. The van der Waals surface area contributed by atoms with Crippen molar-refractivity contribution in [1.82, 2.24) is 0 Å². The minimum Gasteiger partial charge on any atom is -0.495 e. The molecular formula is C22H27ClO5. The molecule has 2 aromatic rings. The predicted octanol–water partition coefficient (Wildman–Crippen LogP) is 3.91. The number of hydrogen-bond donors (Lipinski definition) is 2. The fraction of sp³-hybridized carbons (Fsp3) is 0.455. The average Bonchev–Trinajstić information content (AvgIpc) is 2.70. The summed E-state index contributed by atoms with van der Waals surface area (Å²) in [7, 11) is 1.58. The zero-order valence-corrected chi connectivity index (χ0v) is 17.0. The van der Waals surface area contributed by atoms with E-state index in [1.807, 2.05) is 43.3 Å². The summed E-state index contributed by atoms with van der Waals surface area (Å²) in [4.78, 5) is 0. The maximum absolute atomic E-state index is 10.1. The van der Waals surface area contributed by atoms with Crippen molar-refractivity contribution in [2.75, 3.05) is 20.3 Å². The van der Waals surface area contributed by atoms with E-state index in [2.05, 4.69) is 0 Å². The molecule has 1 heterocycles. The van der Waals surface area contributed by atoms with Crippen molar-refractivity contribution in [1.29, 1.82) is 0 Å². The first kappa shape index (κ1) is 20.9. The van der Waals surface area contributed by atoms with Gasteiger partial charge in [0.1, 0.15) is 11.5 Å². The number of benzene rings is 2. The van der Waals surface area contributed by atoms with Crippen molar-refractivity contribution < 1.29 is 24.4 Å². The van der Waals surface area contributed by atoms with Gasteiger partial charge in [-0.05, 0) is 48.2 Å². The lowest BCUT2D eigenvalue weighted by Gasteiger charge is -2.33. The Morgan fingerprint density at radius 3 is 2.57 bits per heavy atom. The summed E-state index contributed by atoms with van der Waals surface area (Å²) in [6, 6.07) is 11.8. The number of hydrogen-bond acceptors (Lipinski definition) is 5. The Morgan fingerprint density at radius 1 is 1.18 bits per heavy atom. The Bertz CT molecular complexity index is 777. The number of halogens is 1. The SMILES string of the molecule is CCOc1ccc(Cc2cc(C3CC(O)CC(CO)O3)cc(OC)c2Cl)cc1. The molecule has 0 saturated carbocycles. The van der Waals surface area contributed by atoms with Crippen LogP contribution >= 0.6 is 11.6 Å². The van der Waals surface area contributed by atoms with E-state index in [0.29, 0.717) is 36.6 Å². The maximum atomic E-state index is 10.1. The van der Waals surface area contributed by atoms with Crippen LogP contribution < -0.4 is 9.47 Å². The van der Waals surface area contributed by atoms with Crippen molar-refractivity contribution in [3.8, 4) is 11.5 Å². The lowest BCUT2D eigenvalue weighted by Crippen LogP contribution is -2.33. The van der Waals surface area contributed by atoms with Crippen LogP contribution in [0.5, 0.6) is 11.5 Å². The van der Waals surface area contributed by atoms with Gasteiger partial charge < -0.3 is 24.4 Å². The minimum atomic E-state index is -0.507. The van der Waals surface area contributed by atoms with Gasteiger partial charge in [0.05, 0.1) is 43.7 Å². The Labute approximate surface area is 170 Å². The zero-order valence-electron chi connectivity index (χ0n) is 16.2. The second-order valence-electron chi connectivity index (χ2n) is 7.00. The van der Waals surface area contributed by atoms with E-state index < -0.39 is 6.10 Å². The van der Waals surface area contributed by atoms with Crippen LogP contribution in [0.15, 0.2) is 36.4 Å². The van der Waals surface area contributed by atoms with Crippen LogP contribution in [0.4, 0.5) is 0 Å². The van der Waals surface area contributed by atoms with Crippen molar-refractivity contribution in [3.63, 3.8) is 0 Å². The molecular weight excluding hydrogens is 380 g/mol. The van der Waals surface area contributed by atoms with Gasteiger partial charge in [-0.25, -0.2) is 0 Å². The molecule has 1 aliphatic rings. The Kier molecular flexibility index (Phi) is 7.18. The van der Waals surface area contributed by atoms with Crippen LogP contribution in [-0.2, 0) is 11.2 Å². The Balaban J connectivity index is 1.87. The lowest BCUT2D eigenvalue weighted by molar-refractivity contribution is -0.113. The van der Waals surface area contributed by atoms with Gasteiger partial charge in [0.25, 0.3) is 0 Å². The number of ether oxygens (including phenoxy) is 3. The summed E-state index contributed by atoms with van der Waals surface area (Å²) in [5, 5.41) is 20.1. The van der Waals surface area contributed by atoms with Crippen molar-refractivity contribution in [2.45, 2.75) is 44.5 Å². The summed E-state index contributed by atoms with van der Waals surface area (Å²) in [6.07, 6.45) is 0.359. The van der Waals surface area contributed by atoms with Crippen LogP contribution in [0, 0.1) is 0 Å². The third-order valence-electron chi connectivity index (χ3n) is 4.94. The van der Waals surface area contributed by atoms with Gasteiger partial charge in [-0.2, -0.15) is 0 Å². The molecule has 1 saturated heterocycles. The molecule has 6 heteroatoms. The molecule has 0 bridgehead atoms. The maximum Gasteiger partial charge on any atom is 0.138 e. The van der Waals surface area contributed by atoms with Crippen LogP contribution in [0.25, 0.3) is 0 Å².